The van der Waals surface area contributed by atoms with E-state index in [9.17, 15) is 0 Å². The minimum Gasteiger partial charge on any atom is -0.466 e. The number of nitrogens with two attached hydrogens (primary N) is 1. The SMILES string of the molecule is N#Cc1coc([C@@H](N)CCO)c1. The van der Waals surface area contributed by atoms with Crippen LogP contribution in [0, 0.1) is 11.3 Å². The Balaban J connectivity index is 2.69. The zero-order valence-electron chi connectivity index (χ0n) is 6.53. The number of hydrogen-bond donors (Lipinski definition) is 2. The number of nitriles is 1. The second kappa shape index (κ2) is 3.90. The molecule has 0 amide bonds. The highest BCUT2D eigenvalue weighted by Crippen LogP contribution is 2.16. The number of nitrogens with zero attached hydrogens (tertiary/aromatic N) is 1. The van der Waals surface area contributed by atoms with Crippen molar-refractivity contribution in [1.82, 2.24) is 0 Å². The summed E-state index contributed by atoms with van der Waals surface area (Å²) in [5, 5.41) is 17.0. The van der Waals surface area contributed by atoms with Crippen molar-refractivity contribution in [2.75, 3.05) is 6.61 Å². The van der Waals surface area contributed by atoms with E-state index < -0.39 is 0 Å². The first-order valence-electron chi connectivity index (χ1n) is 3.63. The zero-order chi connectivity index (χ0) is 8.97. The number of aliphatic hydroxyl groups is 1. The van der Waals surface area contributed by atoms with E-state index >= 15 is 0 Å². The summed E-state index contributed by atoms with van der Waals surface area (Å²) in [4.78, 5) is 0. The first-order chi connectivity index (χ1) is 5.77. The molecule has 0 radical (unpaired) electrons. The lowest BCUT2D eigenvalue weighted by Gasteiger charge is -2.04. The van der Waals surface area contributed by atoms with Crippen molar-refractivity contribution >= 4 is 0 Å². The van der Waals surface area contributed by atoms with Crippen LogP contribution in [0.3, 0.4) is 0 Å². The average Bonchev–Trinajstić information content (AvgIpc) is 2.52. The molecule has 1 heterocycles. The van der Waals surface area contributed by atoms with Gasteiger partial charge in [0.15, 0.2) is 0 Å². The lowest BCUT2D eigenvalue weighted by molar-refractivity contribution is 0.268. The van der Waals surface area contributed by atoms with Crippen molar-refractivity contribution in [2.45, 2.75) is 12.5 Å². The smallest absolute Gasteiger partial charge is 0.121 e. The van der Waals surface area contributed by atoms with Crippen LogP contribution in [0.5, 0.6) is 0 Å². The van der Waals surface area contributed by atoms with Gasteiger partial charge in [-0.2, -0.15) is 5.26 Å². The van der Waals surface area contributed by atoms with Crippen LogP contribution >= 0.6 is 0 Å². The van der Waals surface area contributed by atoms with Crippen molar-refractivity contribution in [3.05, 3.63) is 23.7 Å². The Labute approximate surface area is 70.2 Å². The first-order valence-corrected chi connectivity index (χ1v) is 3.63. The van der Waals surface area contributed by atoms with E-state index in [4.69, 9.17) is 20.5 Å². The summed E-state index contributed by atoms with van der Waals surface area (Å²) in [6.07, 6.45) is 1.80. The Morgan fingerprint density at radius 1 is 1.75 bits per heavy atom. The van der Waals surface area contributed by atoms with Gasteiger partial charge >= 0.3 is 0 Å². The molecule has 0 aliphatic rings. The van der Waals surface area contributed by atoms with E-state index in [-0.39, 0.29) is 12.6 Å². The fourth-order valence-corrected chi connectivity index (χ4v) is 0.887. The topological polar surface area (TPSA) is 83.2 Å². The van der Waals surface area contributed by atoms with Crippen molar-refractivity contribution in [3.8, 4) is 6.07 Å². The van der Waals surface area contributed by atoms with Crippen molar-refractivity contribution in [3.63, 3.8) is 0 Å². The minimum absolute atomic E-state index is 0.0176. The lowest BCUT2D eigenvalue weighted by atomic mass is 10.1. The molecule has 3 N–H and O–H groups in total. The molecule has 0 unspecified atom stereocenters. The van der Waals surface area contributed by atoms with Gasteiger partial charge in [0.25, 0.3) is 0 Å². The monoisotopic (exact) mass is 166 g/mol. The van der Waals surface area contributed by atoms with Gasteiger partial charge in [-0.3, -0.25) is 0 Å². The third kappa shape index (κ3) is 1.84. The third-order valence-electron chi connectivity index (χ3n) is 1.55. The van der Waals surface area contributed by atoms with Gasteiger partial charge in [-0.1, -0.05) is 0 Å². The van der Waals surface area contributed by atoms with Crippen LogP contribution in [0.4, 0.5) is 0 Å². The largest absolute Gasteiger partial charge is 0.466 e. The predicted molar refractivity (Wildman–Crippen MR) is 42.1 cm³/mol. The molecular formula is C8H10N2O2. The Hall–Kier alpha value is -1.31. The van der Waals surface area contributed by atoms with Crippen LogP contribution in [-0.4, -0.2) is 11.7 Å². The Morgan fingerprint density at radius 3 is 3.00 bits per heavy atom. The molecule has 1 rings (SSSR count). The summed E-state index contributed by atoms with van der Waals surface area (Å²) in [6, 6.07) is 3.19. The third-order valence-corrected chi connectivity index (χ3v) is 1.55. The van der Waals surface area contributed by atoms with Gasteiger partial charge in [-0.05, 0) is 12.5 Å². The van der Waals surface area contributed by atoms with Gasteiger partial charge in [0.05, 0.1) is 11.6 Å². The molecule has 0 bridgehead atoms. The summed E-state index contributed by atoms with van der Waals surface area (Å²) >= 11 is 0. The fraction of sp³-hybridized carbons (Fsp3) is 0.375. The summed E-state index contributed by atoms with van der Waals surface area (Å²) in [5.41, 5.74) is 6.07. The minimum atomic E-state index is -0.322. The fourth-order valence-electron chi connectivity index (χ4n) is 0.887. The maximum absolute atomic E-state index is 8.58. The zero-order valence-corrected chi connectivity index (χ0v) is 6.53. The molecule has 0 saturated heterocycles. The van der Waals surface area contributed by atoms with Gasteiger partial charge < -0.3 is 15.3 Å². The summed E-state index contributed by atoms with van der Waals surface area (Å²) in [7, 11) is 0. The molecule has 1 aromatic heterocycles. The molecule has 0 saturated carbocycles. The summed E-state index contributed by atoms with van der Waals surface area (Å²) in [5.74, 6) is 0.542. The Kier molecular flexibility index (Phi) is 2.86. The predicted octanol–water partition coefficient (Wildman–Crippen LogP) is 0.533. The highest BCUT2D eigenvalue weighted by atomic mass is 16.3. The van der Waals surface area contributed by atoms with E-state index in [1.807, 2.05) is 6.07 Å². The number of hydrogen-bond acceptors (Lipinski definition) is 4. The van der Waals surface area contributed by atoms with Gasteiger partial charge in [-0.15, -0.1) is 0 Å². The summed E-state index contributed by atoms with van der Waals surface area (Å²) in [6.45, 7) is 0.0176. The van der Waals surface area contributed by atoms with Gasteiger partial charge in [0, 0.05) is 6.61 Å². The van der Waals surface area contributed by atoms with Gasteiger partial charge in [-0.25, -0.2) is 0 Å². The molecular weight excluding hydrogens is 156 g/mol. The van der Waals surface area contributed by atoms with Crippen LogP contribution < -0.4 is 5.73 Å². The lowest BCUT2D eigenvalue weighted by Crippen LogP contribution is -2.10. The highest BCUT2D eigenvalue weighted by Gasteiger charge is 2.09. The number of aliphatic hydroxyl groups excluding tert-OH is 1. The Morgan fingerprint density at radius 2 is 2.50 bits per heavy atom. The molecule has 0 spiro atoms. The van der Waals surface area contributed by atoms with E-state index in [1.54, 1.807) is 6.07 Å². The molecule has 1 atom stereocenters. The van der Waals surface area contributed by atoms with Crippen LogP contribution in [0.2, 0.25) is 0 Å². The van der Waals surface area contributed by atoms with Crippen LogP contribution in [0.1, 0.15) is 23.8 Å². The van der Waals surface area contributed by atoms with Crippen molar-refractivity contribution < 1.29 is 9.52 Å². The number of rotatable bonds is 3. The molecule has 1 aromatic rings. The Bertz CT molecular complexity index is 287. The van der Waals surface area contributed by atoms with E-state index in [0.29, 0.717) is 17.7 Å². The molecule has 0 aliphatic carbocycles. The molecule has 4 nitrogen and oxygen atoms in total. The number of furan rings is 1. The van der Waals surface area contributed by atoms with E-state index in [1.165, 1.54) is 6.26 Å². The van der Waals surface area contributed by atoms with Gasteiger partial charge in [0.1, 0.15) is 18.1 Å². The van der Waals surface area contributed by atoms with Crippen LogP contribution in [-0.2, 0) is 0 Å². The molecule has 64 valence electrons. The molecule has 0 aliphatic heterocycles. The quantitative estimate of drug-likeness (QED) is 0.686. The second-order valence-electron chi connectivity index (χ2n) is 2.47. The van der Waals surface area contributed by atoms with E-state index in [2.05, 4.69) is 0 Å². The second-order valence-corrected chi connectivity index (χ2v) is 2.47. The summed E-state index contributed by atoms with van der Waals surface area (Å²) < 4.78 is 5.01. The van der Waals surface area contributed by atoms with Crippen molar-refractivity contribution in [1.29, 1.82) is 5.26 Å². The maximum Gasteiger partial charge on any atom is 0.121 e. The molecule has 12 heavy (non-hydrogen) atoms. The van der Waals surface area contributed by atoms with Crippen LogP contribution in [0.15, 0.2) is 16.7 Å². The van der Waals surface area contributed by atoms with Crippen molar-refractivity contribution in [2.24, 2.45) is 5.73 Å². The average molecular weight is 166 g/mol. The van der Waals surface area contributed by atoms with E-state index in [0.717, 1.165) is 0 Å². The maximum atomic E-state index is 8.58. The van der Waals surface area contributed by atoms with Crippen LogP contribution in [0.25, 0.3) is 0 Å². The molecule has 0 aromatic carbocycles. The van der Waals surface area contributed by atoms with Gasteiger partial charge in [0.2, 0.25) is 0 Å². The normalized spacial score (nSPS) is 12.4. The molecule has 0 fully saturated rings. The molecule has 4 heteroatoms. The first kappa shape index (κ1) is 8.78. The highest BCUT2D eigenvalue weighted by molar-refractivity contribution is 5.27. The standard InChI is InChI=1S/C8H10N2O2/c9-4-6-3-8(12-5-6)7(10)1-2-11/h3,5,7,11H,1-2,10H2/t7-/m0/s1.